The number of aliphatic hydroxyl groups excluding tert-OH is 1. The van der Waals surface area contributed by atoms with Crippen LogP contribution in [0.25, 0.3) is 0 Å². The number of nitrogens with zero attached hydrogens (tertiary/aromatic N) is 1. The van der Waals surface area contributed by atoms with Crippen molar-refractivity contribution in [2.45, 2.75) is 25.8 Å². The van der Waals surface area contributed by atoms with Crippen LogP contribution in [0.1, 0.15) is 13.3 Å². The minimum Gasteiger partial charge on any atom is -0.468 e. The van der Waals surface area contributed by atoms with Crippen molar-refractivity contribution in [3.63, 3.8) is 0 Å². The monoisotopic (exact) mass is 213 g/mol. The molecule has 0 spiro atoms. The average Bonchev–Trinajstić information content (AvgIpc) is 2.38. The van der Waals surface area contributed by atoms with Crippen molar-refractivity contribution in [2.24, 2.45) is 0 Å². The Morgan fingerprint density at radius 3 is 3.07 bits per heavy atom. The van der Waals surface area contributed by atoms with Crippen LogP contribution >= 0.6 is 0 Å². The van der Waals surface area contributed by atoms with E-state index in [1.54, 1.807) is 0 Å². The Balaban J connectivity index is 2.17. The van der Waals surface area contributed by atoms with E-state index in [0.717, 1.165) is 0 Å². The highest BCUT2D eigenvalue weighted by Crippen LogP contribution is 2.36. The molecule has 82 valence electrons. The molecule has 6 heteroatoms. The smallest absolute Gasteiger partial charge is 0.304 e. The van der Waals surface area contributed by atoms with E-state index in [0.29, 0.717) is 12.2 Å². The Morgan fingerprint density at radius 1 is 1.80 bits per heavy atom. The summed E-state index contributed by atoms with van der Waals surface area (Å²) in [4.78, 5) is 23.4. The fraction of sp³-hybridized carbons (Fsp3) is 0.556. The molecule has 1 amide bonds. The number of esters is 1. The summed E-state index contributed by atoms with van der Waals surface area (Å²) < 4.78 is 10.3. The molecule has 1 N–H and O–H groups in total. The third kappa shape index (κ3) is 1.56. The highest BCUT2D eigenvalue weighted by atomic mass is 16.6. The highest BCUT2D eigenvalue weighted by Gasteiger charge is 2.52. The maximum Gasteiger partial charge on any atom is 0.304 e. The van der Waals surface area contributed by atoms with Crippen LogP contribution in [-0.4, -0.2) is 40.9 Å². The Bertz CT molecular complexity index is 337. The molecule has 2 fully saturated rings. The summed E-state index contributed by atoms with van der Waals surface area (Å²) in [6.45, 7) is 1.04. The molecule has 2 heterocycles. The summed E-state index contributed by atoms with van der Waals surface area (Å²) in [7, 11) is 0. The molecule has 0 aromatic rings. The van der Waals surface area contributed by atoms with E-state index in [2.05, 4.69) is 0 Å². The molecule has 15 heavy (non-hydrogen) atoms. The van der Waals surface area contributed by atoms with E-state index >= 15 is 0 Å². The van der Waals surface area contributed by atoms with Gasteiger partial charge in [0.1, 0.15) is 0 Å². The molecule has 0 radical (unpaired) electrons. The largest absolute Gasteiger partial charge is 0.468 e. The molecule has 0 saturated carbocycles. The maximum absolute atomic E-state index is 11.2. The van der Waals surface area contributed by atoms with Gasteiger partial charge >= 0.3 is 5.97 Å². The first kappa shape index (κ1) is 9.97. The van der Waals surface area contributed by atoms with Crippen molar-refractivity contribution in [1.29, 1.82) is 0 Å². The van der Waals surface area contributed by atoms with Gasteiger partial charge in [0.05, 0.1) is 13.0 Å². The molecule has 2 aliphatic heterocycles. The van der Waals surface area contributed by atoms with Gasteiger partial charge in [-0.25, -0.2) is 0 Å². The van der Waals surface area contributed by atoms with Crippen molar-refractivity contribution in [1.82, 2.24) is 4.90 Å². The molecule has 0 aromatic heterocycles. The number of aliphatic hydroxyl groups is 1. The van der Waals surface area contributed by atoms with Gasteiger partial charge in [0.15, 0.2) is 12.0 Å². The number of hydrogen-bond donors (Lipinski definition) is 1. The number of carbonyl (C=O) groups is 2. The average molecular weight is 213 g/mol. The van der Waals surface area contributed by atoms with Crippen molar-refractivity contribution in [3.05, 3.63) is 11.8 Å². The SMILES string of the molecule is CC(=O)OC1/C(=C/CO)O[C@@H]2CC(=O)N12. The first-order valence-electron chi connectivity index (χ1n) is 4.59. The Kier molecular flexibility index (Phi) is 2.36. The molecule has 2 saturated heterocycles. The minimum atomic E-state index is -0.805. The standard InChI is InChI=1S/C9H11NO5/c1-5(12)14-9-6(2-3-11)15-8-4-7(13)10(8)9/h2,8-9,11H,3-4H2,1H3/b6-2-/t8-,9?/m1/s1. The van der Waals surface area contributed by atoms with Crippen LogP contribution in [0.5, 0.6) is 0 Å². The van der Waals surface area contributed by atoms with E-state index in [9.17, 15) is 9.59 Å². The molecule has 1 unspecified atom stereocenters. The van der Waals surface area contributed by atoms with Crippen molar-refractivity contribution in [2.75, 3.05) is 6.61 Å². The second-order valence-corrected chi connectivity index (χ2v) is 3.33. The van der Waals surface area contributed by atoms with Crippen LogP contribution in [-0.2, 0) is 19.1 Å². The number of β-lactam (4-membered cyclic amide) rings is 1. The molecule has 0 aromatic carbocycles. The van der Waals surface area contributed by atoms with Gasteiger partial charge in [-0.05, 0) is 6.08 Å². The molecular weight excluding hydrogens is 202 g/mol. The van der Waals surface area contributed by atoms with Gasteiger partial charge in [0, 0.05) is 6.92 Å². The van der Waals surface area contributed by atoms with Gasteiger partial charge in [-0.15, -0.1) is 0 Å². The number of ether oxygens (including phenoxy) is 2. The van der Waals surface area contributed by atoms with Crippen LogP contribution in [0.15, 0.2) is 11.8 Å². The first-order valence-corrected chi connectivity index (χ1v) is 4.59. The predicted molar refractivity (Wildman–Crippen MR) is 47.1 cm³/mol. The van der Waals surface area contributed by atoms with Gasteiger partial charge in [-0.1, -0.05) is 0 Å². The zero-order valence-electron chi connectivity index (χ0n) is 8.17. The minimum absolute atomic E-state index is 0.118. The summed E-state index contributed by atoms with van der Waals surface area (Å²) in [6.07, 6.45) is 0.528. The first-order chi connectivity index (χ1) is 7.13. The van der Waals surface area contributed by atoms with Crippen LogP contribution in [0.4, 0.5) is 0 Å². The lowest BCUT2D eigenvalue weighted by Gasteiger charge is -2.33. The van der Waals surface area contributed by atoms with E-state index in [4.69, 9.17) is 14.6 Å². The summed E-state index contributed by atoms with van der Waals surface area (Å²) in [6, 6.07) is 0. The Labute approximate surface area is 86.1 Å². The number of hydrogen-bond acceptors (Lipinski definition) is 5. The van der Waals surface area contributed by atoms with Crippen LogP contribution in [0, 0.1) is 0 Å². The molecule has 2 aliphatic rings. The molecule has 2 atom stereocenters. The molecule has 2 rings (SSSR count). The van der Waals surface area contributed by atoms with Gasteiger partial charge in [0.25, 0.3) is 0 Å². The predicted octanol–water partition coefficient (Wildman–Crippen LogP) is -0.660. The summed E-state index contributed by atoms with van der Waals surface area (Å²) >= 11 is 0. The van der Waals surface area contributed by atoms with E-state index in [-0.39, 0.29) is 18.7 Å². The zero-order chi connectivity index (χ0) is 11.0. The number of fused-ring (bicyclic) bond motifs is 1. The number of rotatable bonds is 2. The molecule has 0 bridgehead atoms. The van der Waals surface area contributed by atoms with E-state index in [1.165, 1.54) is 17.9 Å². The normalized spacial score (nSPS) is 30.9. The fourth-order valence-electron chi connectivity index (χ4n) is 1.64. The zero-order valence-corrected chi connectivity index (χ0v) is 8.17. The maximum atomic E-state index is 11.2. The van der Waals surface area contributed by atoms with Crippen molar-refractivity contribution in [3.8, 4) is 0 Å². The molecule has 6 nitrogen and oxygen atoms in total. The van der Waals surface area contributed by atoms with Crippen molar-refractivity contribution >= 4 is 11.9 Å². The lowest BCUT2D eigenvalue weighted by Crippen LogP contribution is -2.53. The highest BCUT2D eigenvalue weighted by molar-refractivity contribution is 5.84. The second kappa shape index (κ2) is 3.54. The number of carbonyl (C=O) groups excluding carboxylic acids is 2. The third-order valence-electron chi connectivity index (χ3n) is 2.29. The quantitative estimate of drug-likeness (QED) is 0.487. The fourth-order valence-corrected chi connectivity index (χ4v) is 1.64. The van der Waals surface area contributed by atoms with Gasteiger partial charge in [0.2, 0.25) is 12.1 Å². The van der Waals surface area contributed by atoms with Gasteiger partial charge in [-0.3, -0.25) is 14.5 Å². The van der Waals surface area contributed by atoms with Crippen LogP contribution in [0.3, 0.4) is 0 Å². The van der Waals surface area contributed by atoms with Crippen LogP contribution in [0.2, 0.25) is 0 Å². The second-order valence-electron chi connectivity index (χ2n) is 3.33. The van der Waals surface area contributed by atoms with Gasteiger partial charge < -0.3 is 14.6 Å². The summed E-state index contributed by atoms with van der Waals surface area (Å²) in [5.74, 6) is -0.288. The molecule has 0 aliphatic carbocycles. The lowest BCUT2D eigenvalue weighted by atomic mass is 10.2. The number of amides is 1. The summed E-state index contributed by atoms with van der Waals surface area (Å²) in [5.41, 5.74) is 0. The Morgan fingerprint density at radius 2 is 2.53 bits per heavy atom. The third-order valence-corrected chi connectivity index (χ3v) is 2.29. The lowest BCUT2D eigenvalue weighted by molar-refractivity contribution is -0.173. The van der Waals surface area contributed by atoms with Crippen molar-refractivity contribution < 1.29 is 24.2 Å². The van der Waals surface area contributed by atoms with Crippen LogP contribution < -0.4 is 0 Å². The van der Waals surface area contributed by atoms with Gasteiger partial charge in [-0.2, -0.15) is 0 Å². The van der Waals surface area contributed by atoms with E-state index in [1.807, 2.05) is 0 Å². The van der Waals surface area contributed by atoms with E-state index < -0.39 is 12.2 Å². The Hall–Kier alpha value is -1.56. The topological polar surface area (TPSA) is 76.1 Å². The summed E-state index contributed by atoms with van der Waals surface area (Å²) in [5, 5.41) is 8.74. The molecular formula is C9H11NO5.